The van der Waals surface area contributed by atoms with E-state index in [1.807, 2.05) is 31.2 Å². The Kier molecular flexibility index (Phi) is 3.72. The molecule has 1 atom stereocenters. The standard InChI is InChI=1S/C19H18FN/c1-13-9-10-17(18(20)11-13)19(21)12-15-7-4-6-14-5-2-3-8-16(14)15/h2-11,19H,12,21H2,1H3. The van der Waals surface area contributed by atoms with Crippen molar-refractivity contribution in [2.75, 3.05) is 0 Å². The molecule has 0 saturated carbocycles. The molecule has 21 heavy (non-hydrogen) atoms. The van der Waals surface area contributed by atoms with E-state index in [2.05, 4.69) is 24.3 Å². The van der Waals surface area contributed by atoms with Gasteiger partial charge in [-0.25, -0.2) is 4.39 Å². The fraction of sp³-hybridized carbons (Fsp3) is 0.158. The fourth-order valence-electron chi connectivity index (χ4n) is 2.75. The molecule has 1 nitrogen and oxygen atoms in total. The Hall–Kier alpha value is -2.19. The first-order valence-electron chi connectivity index (χ1n) is 7.13. The molecule has 1 unspecified atom stereocenters. The van der Waals surface area contributed by atoms with Crippen molar-refractivity contribution in [1.29, 1.82) is 0 Å². The van der Waals surface area contributed by atoms with Crippen LogP contribution in [0.4, 0.5) is 4.39 Å². The quantitative estimate of drug-likeness (QED) is 0.749. The SMILES string of the molecule is Cc1ccc(C(N)Cc2cccc3ccccc23)c(F)c1. The summed E-state index contributed by atoms with van der Waals surface area (Å²) in [6.07, 6.45) is 0.626. The van der Waals surface area contributed by atoms with E-state index in [4.69, 9.17) is 5.73 Å². The van der Waals surface area contributed by atoms with Gasteiger partial charge in [0, 0.05) is 11.6 Å². The predicted octanol–water partition coefficient (Wildman–Crippen LogP) is 4.53. The van der Waals surface area contributed by atoms with E-state index >= 15 is 0 Å². The van der Waals surface area contributed by atoms with Crippen LogP contribution in [-0.4, -0.2) is 0 Å². The van der Waals surface area contributed by atoms with E-state index in [0.717, 1.165) is 11.1 Å². The van der Waals surface area contributed by atoms with Gasteiger partial charge in [-0.2, -0.15) is 0 Å². The number of fused-ring (bicyclic) bond motifs is 1. The average molecular weight is 279 g/mol. The zero-order valence-electron chi connectivity index (χ0n) is 12.0. The maximum atomic E-state index is 14.0. The van der Waals surface area contributed by atoms with Gasteiger partial charge in [-0.15, -0.1) is 0 Å². The summed E-state index contributed by atoms with van der Waals surface area (Å²) in [6, 6.07) is 19.3. The second kappa shape index (κ2) is 5.66. The van der Waals surface area contributed by atoms with E-state index in [9.17, 15) is 4.39 Å². The van der Waals surface area contributed by atoms with Crippen molar-refractivity contribution in [3.63, 3.8) is 0 Å². The van der Waals surface area contributed by atoms with Gasteiger partial charge >= 0.3 is 0 Å². The predicted molar refractivity (Wildman–Crippen MR) is 85.7 cm³/mol. The summed E-state index contributed by atoms with van der Waals surface area (Å²) in [5.41, 5.74) is 8.87. The second-order valence-electron chi connectivity index (χ2n) is 5.47. The summed E-state index contributed by atoms with van der Waals surface area (Å²) >= 11 is 0. The Morgan fingerprint density at radius 1 is 1.00 bits per heavy atom. The van der Waals surface area contributed by atoms with Crippen LogP contribution in [-0.2, 0) is 6.42 Å². The zero-order chi connectivity index (χ0) is 14.8. The van der Waals surface area contributed by atoms with E-state index in [-0.39, 0.29) is 11.9 Å². The van der Waals surface area contributed by atoms with E-state index in [0.29, 0.717) is 12.0 Å². The smallest absolute Gasteiger partial charge is 0.128 e. The summed E-state index contributed by atoms with van der Waals surface area (Å²) in [6.45, 7) is 1.88. The monoisotopic (exact) mass is 279 g/mol. The number of rotatable bonds is 3. The molecule has 0 aliphatic carbocycles. The van der Waals surface area contributed by atoms with Crippen molar-refractivity contribution in [3.8, 4) is 0 Å². The van der Waals surface area contributed by atoms with Gasteiger partial charge in [0.25, 0.3) is 0 Å². The molecular formula is C19H18FN. The van der Waals surface area contributed by atoms with Crippen LogP contribution in [0.25, 0.3) is 10.8 Å². The van der Waals surface area contributed by atoms with Crippen LogP contribution in [0.3, 0.4) is 0 Å². The number of benzene rings is 3. The minimum absolute atomic E-state index is 0.220. The largest absolute Gasteiger partial charge is 0.324 e. The Labute approximate surface area is 124 Å². The summed E-state index contributed by atoms with van der Waals surface area (Å²) in [4.78, 5) is 0. The third-order valence-electron chi connectivity index (χ3n) is 3.88. The van der Waals surface area contributed by atoms with Crippen molar-refractivity contribution < 1.29 is 4.39 Å². The molecule has 3 aromatic carbocycles. The molecule has 2 N–H and O–H groups in total. The average Bonchev–Trinajstić information content (AvgIpc) is 2.47. The lowest BCUT2D eigenvalue weighted by atomic mass is 9.95. The van der Waals surface area contributed by atoms with Crippen molar-refractivity contribution in [3.05, 3.63) is 83.2 Å². The lowest BCUT2D eigenvalue weighted by Gasteiger charge is -2.15. The van der Waals surface area contributed by atoms with E-state index in [1.54, 1.807) is 6.07 Å². The van der Waals surface area contributed by atoms with Crippen LogP contribution in [0.2, 0.25) is 0 Å². The molecule has 0 aromatic heterocycles. The van der Waals surface area contributed by atoms with Gasteiger partial charge in [-0.05, 0) is 41.3 Å². The van der Waals surface area contributed by atoms with Gasteiger partial charge in [0.05, 0.1) is 0 Å². The molecule has 0 fully saturated rings. The first kappa shape index (κ1) is 13.8. The topological polar surface area (TPSA) is 26.0 Å². The highest BCUT2D eigenvalue weighted by Gasteiger charge is 2.13. The van der Waals surface area contributed by atoms with Gasteiger partial charge in [-0.1, -0.05) is 54.6 Å². The molecule has 3 aromatic rings. The number of aryl methyl sites for hydroxylation is 1. The van der Waals surface area contributed by atoms with E-state index in [1.165, 1.54) is 16.8 Å². The van der Waals surface area contributed by atoms with Gasteiger partial charge < -0.3 is 5.73 Å². The van der Waals surface area contributed by atoms with E-state index < -0.39 is 0 Å². The maximum absolute atomic E-state index is 14.0. The summed E-state index contributed by atoms with van der Waals surface area (Å²) in [5, 5.41) is 2.37. The highest BCUT2D eigenvalue weighted by atomic mass is 19.1. The minimum atomic E-state index is -0.337. The Morgan fingerprint density at radius 2 is 1.76 bits per heavy atom. The first-order chi connectivity index (χ1) is 10.1. The van der Waals surface area contributed by atoms with Crippen molar-refractivity contribution in [1.82, 2.24) is 0 Å². The number of nitrogens with two attached hydrogens (primary N) is 1. The molecule has 0 heterocycles. The van der Waals surface area contributed by atoms with Gasteiger partial charge in [-0.3, -0.25) is 0 Å². The molecule has 0 amide bonds. The molecule has 0 radical (unpaired) electrons. The number of halogens is 1. The first-order valence-corrected chi connectivity index (χ1v) is 7.13. The molecule has 0 aliphatic rings. The molecule has 0 aliphatic heterocycles. The molecule has 0 saturated heterocycles. The van der Waals surface area contributed by atoms with Crippen LogP contribution in [0.5, 0.6) is 0 Å². The van der Waals surface area contributed by atoms with Gasteiger partial charge in [0.2, 0.25) is 0 Å². The second-order valence-corrected chi connectivity index (χ2v) is 5.47. The number of hydrogen-bond acceptors (Lipinski definition) is 1. The molecule has 2 heteroatoms. The Balaban J connectivity index is 1.94. The highest BCUT2D eigenvalue weighted by molar-refractivity contribution is 5.85. The summed E-state index contributed by atoms with van der Waals surface area (Å²) < 4.78 is 14.0. The molecular weight excluding hydrogens is 261 g/mol. The Morgan fingerprint density at radius 3 is 2.57 bits per heavy atom. The Bertz CT molecular complexity index is 774. The van der Waals surface area contributed by atoms with Crippen molar-refractivity contribution >= 4 is 10.8 Å². The zero-order valence-corrected chi connectivity index (χ0v) is 12.0. The van der Waals surface area contributed by atoms with Gasteiger partial charge in [0.1, 0.15) is 5.82 Å². The minimum Gasteiger partial charge on any atom is -0.324 e. The van der Waals surface area contributed by atoms with Gasteiger partial charge in [0.15, 0.2) is 0 Å². The molecule has 3 rings (SSSR count). The summed E-state index contributed by atoms with van der Waals surface area (Å²) in [7, 11) is 0. The van der Waals surface area contributed by atoms with Crippen LogP contribution in [0, 0.1) is 12.7 Å². The summed E-state index contributed by atoms with van der Waals surface area (Å²) in [5.74, 6) is -0.220. The van der Waals surface area contributed by atoms with Crippen molar-refractivity contribution in [2.45, 2.75) is 19.4 Å². The highest BCUT2D eigenvalue weighted by Crippen LogP contribution is 2.25. The van der Waals surface area contributed by atoms with Crippen LogP contribution >= 0.6 is 0 Å². The van der Waals surface area contributed by atoms with Crippen molar-refractivity contribution in [2.24, 2.45) is 5.73 Å². The third kappa shape index (κ3) is 2.81. The molecule has 0 spiro atoms. The lowest BCUT2D eigenvalue weighted by Crippen LogP contribution is -2.15. The number of hydrogen-bond donors (Lipinski definition) is 1. The normalized spacial score (nSPS) is 12.5. The molecule has 106 valence electrons. The fourth-order valence-corrected chi connectivity index (χ4v) is 2.75. The van der Waals surface area contributed by atoms with Crippen LogP contribution < -0.4 is 5.73 Å². The van der Waals surface area contributed by atoms with Crippen LogP contribution in [0.1, 0.15) is 22.7 Å². The third-order valence-corrected chi connectivity index (χ3v) is 3.88. The molecule has 0 bridgehead atoms. The maximum Gasteiger partial charge on any atom is 0.128 e. The van der Waals surface area contributed by atoms with Crippen LogP contribution in [0.15, 0.2) is 60.7 Å². The lowest BCUT2D eigenvalue weighted by molar-refractivity contribution is 0.580.